The molecule has 0 radical (unpaired) electrons. The van der Waals surface area contributed by atoms with Crippen LogP contribution in [0.5, 0.6) is 0 Å². The number of hydrogen-bond donors (Lipinski definition) is 0. The third-order valence-electron chi connectivity index (χ3n) is 3.20. The Bertz CT molecular complexity index is 499. The van der Waals surface area contributed by atoms with Gasteiger partial charge in [0.1, 0.15) is 0 Å². The number of nitrogens with zero attached hydrogens (tertiary/aromatic N) is 1. The topological polar surface area (TPSA) is 20.3 Å². The van der Waals surface area contributed by atoms with E-state index in [0.29, 0.717) is 6.54 Å². The van der Waals surface area contributed by atoms with E-state index < -0.39 is 0 Å². The first-order valence-corrected chi connectivity index (χ1v) is 6.61. The minimum atomic E-state index is 0.126. The normalized spacial score (nSPS) is 13.2. The number of allylic oxidation sites excluding steroid dienone is 3. The SMILES string of the molecule is C=CCN(CCc1ccccc1)C(=O)C1=CC=CC1. The fourth-order valence-corrected chi connectivity index (χ4v) is 2.15. The van der Waals surface area contributed by atoms with Gasteiger partial charge in [-0.25, -0.2) is 0 Å². The molecule has 0 bridgehead atoms. The molecular formula is C17H19NO. The molecule has 2 rings (SSSR count). The van der Waals surface area contributed by atoms with Crippen molar-refractivity contribution in [3.63, 3.8) is 0 Å². The second-order valence-electron chi connectivity index (χ2n) is 4.60. The highest BCUT2D eigenvalue weighted by Crippen LogP contribution is 2.14. The van der Waals surface area contributed by atoms with E-state index in [1.165, 1.54) is 5.56 Å². The molecule has 0 aromatic heterocycles. The maximum absolute atomic E-state index is 12.3. The van der Waals surface area contributed by atoms with Crippen LogP contribution >= 0.6 is 0 Å². The number of carbonyl (C=O) groups is 1. The average Bonchev–Trinajstić information content (AvgIpc) is 2.98. The summed E-state index contributed by atoms with van der Waals surface area (Å²) in [6.07, 6.45) is 9.26. The lowest BCUT2D eigenvalue weighted by Crippen LogP contribution is -2.33. The summed E-state index contributed by atoms with van der Waals surface area (Å²) in [6, 6.07) is 10.2. The van der Waals surface area contributed by atoms with Gasteiger partial charge in [-0.2, -0.15) is 0 Å². The molecule has 0 heterocycles. The molecule has 2 nitrogen and oxygen atoms in total. The molecule has 1 amide bonds. The van der Waals surface area contributed by atoms with Crippen LogP contribution in [-0.2, 0) is 11.2 Å². The fourth-order valence-electron chi connectivity index (χ4n) is 2.15. The molecule has 0 aliphatic heterocycles. The number of rotatable bonds is 6. The Kier molecular flexibility index (Phi) is 4.73. The van der Waals surface area contributed by atoms with Gasteiger partial charge in [0.15, 0.2) is 0 Å². The van der Waals surface area contributed by atoms with Crippen LogP contribution < -0.4 is 0 Å². The van der Waals surface area contributed by atoms with Crippen LogP contribution in [0.3, 0.4) is 0 Å². The van der Waals surface area contributed by atoms with Crippen molar-refractivity contribution in [1.29, 1.82) is 0 Å². The number of benzene rings is 1. The van der Waals surface area contributed by atoms with E-state index in [2.05, 4.69) is 18.7 Å². The number of hydrogen-bond acceptors (Lipinski definition) is 1. The van der Waals surface area contributed by atoms with Crippen LogP contribution in [0.1, 0.15) is 12.0 Å². The van der Waals surface area contributed by atoms with Crippen molar-refractivity contribution in [2.45, 2.75) is 12.8 Å². The van der Waals surface area contributed by atoms with E-state index in [1.807, 2.05) is 41.3 Å². The minimum Gasteiger partial charge on any atom is -0.335 e. The van der Waals surface area contributed by atoms with Gasteiger partial charge in [-0.3, -0.25) is 4.79 Å². The molecule has 0 N–H and O–H groups in total. The van der Waals surface area contributed by atoms with Gasteiger partial charge in [0, 0.05) is 18.7 Å². The highest BCUT2D eigenvalue weighted by Gasteiger charge is 2.17. The lowest BCUT2D eigenvalue weighted by atomic mass is 10.1. The predicted octanol–water partition coefficient (Wildman–Crippen LogP) is 3.13. The maximum atomic E-state index is 12.3. The molecule has 1 aromatic carbocycles. The molecule has 1 aliphatic carbocycles. The van der Waals surface area contributed by atoms with Crippen LogP contribution in [0, 0.1) is 0 Å². The zero-order valence-electron chi connectivity index (χ0n) is 11.1. The maximum Gasteiger partial charge on any atom is 0.250 e. The lowest BCUT2D eigenvalue weighted by molar-refractivity contribution is -0.126. The summed E-state index contributed by atoms with van der Waals surface area (Å²) < 4.78 is 0. The summed E-state index contributed by atoms with van der Waals surface area (Å²) in [5.41, 5.74) is 2.12. The van der Waals surface area contributed by atoms with E-state index >= 15 is 0 Å². The molecule has 98 valence electrons. The van der Waals surface area contributed by atoms with Gasteiger partial charge in [0.2, 0.25) is 5.91 Å². The molecule has 0 unspecified atom stereocenters. The van der Waals surface area contributed by atoms with Gasteiger partial charge < -0.3 is 4.90 Å². The van der Waals surface area contributed by atoms with E-state index in [4.69, 9.17) is 0 Å². The zero-order valence-corrected chi connectivity index (χ0v) is 11.1. The Morgan fingerprint density at radius 1 is 1.32 bits per heavy atom. The molecule has 0 fully saturated rings. The van der Waals surface area contributed by atoms with Crippen LogP contribution in [0.15, 0.2) is 66.8 Å². The number of carbonyl (C=O) groups excluding carboxylic acids is 1. The summed E-state index contributed by atoms with van der Waals surface area (Å²) in [5, 5.41) is 0. The predicted molar refractivity (Wildman–Crippen MR) is 78.8 cm³/mol. The first-order valence-electron chi connectivity index (χ1n) is 6.61. The van der Waals surface area contributed by atoms with Gasteiger partial charge in [-0.05, 0) is 18.4 Å². The van der Waals surface area contributed by atoms with Crippen molar-refractivity contribution in [3.8, 4) is 0 Å². The summed E-state index contributed by atoms with van der Waals surface area (Å²) in [4.78, 5) is 14.2. The first-order chi connectivity index (χ1) is 9.31. The van der Waals surface area contributed by atoms with Crippen molar-refractivity contribution < 1.29 is 4.79 Å². The third kappa shape index (κ3) is 3.68. The zero-order chi connectivity index (χ0) is 13.5. The monoisotopic (exact) mass is 253 g/mol. The van der Waals surface area contributed by atoms with Gasteiger partial charge in [-0.1, -0.05) is 54.6 Å². The van der Waals surface area contributed by atoms with Gasteiger partial charge in [0.25, 0.3) is 0 Å². The highest BCUT2D eigenvalue weighted by molar-refractivity contribution is 5.94. The van der Waals surface area contributed by atoms with Gasteiger partial charge in [0.05, 0.1) is 0 Å². The van der Waals surface area contributed by atoms with E-state index in [1.54, 1.807) is 6.08 Å². The molecule has 1 aromatic rings. The van der Waals surface area contributed by atoms with Crippen molar-refractivity contribution in [3.05, 3.63) is 72.4 Å². The Morgan fingerprint density at radius 3 is 2.74 bits per heavy atom. The Labute approximate surface area is 114 Å². The van der Waals surface area contributed by atoms with Crippen molar-refractivity contribution in [2.75, 3.05) is 13.1 Å². The molecule has 1 aliphatic rings. The largest absolute Gasteiger partial charge is 0.335 e. The van der Waals surface area contributed by atoms with Crippen LogP contribution in [0.4, 0.5) is 0 Å². The summed E-state index contributed by atoms with van der Waals surface area (Å²) in [6.45, 7) is 5.06. The summed E-state index contributed by atoms with van der Waals surface area (Å²) >= 11 is 0. The average molecular weight is 253 g/mol. The quantitative estimate of drug-likeness (QED) is 0.713. The van der Waals surface area contributed by atoms with E-state index in [-0.39, 0.29) is 5.91 Å². The van der Waals surface area contributed by atoms with Crippen LogP contribution in [-0.4, -0.2) is 23.9 Å². The second-order valence-corrected chi connectivity index (χ2v) is 4.60. The van der Waals surface area contributed by atoms with Gasteiger partial charge in [-0.15, -0.1) is 6.58 Å². The number of amides is 1. The Morgan fingerprint density at radius 2 is 2.11 bits per heavy atom. The third-order valence-corrected chi connectivity index (χ3v) is 3.20. The molecule has 0 saturated carbocycles. The van der Waals surface area contributed by atoms with Crippen molar-refractivity contribution >= 4 is 5.91 Å². The highest BCUT2D eigenvalue weighted by atomic mass is 16.2. The van der Waals surface area contributed by atoms with Crippen molar-refractivity contribution in [1.82, 2.24) is 4.90 Å². The minimum absolute atomic E-state index is 0.126. The second kappa shape index (κ2) is 6.74. The summed E-state index contributed by atoms with van der Waals surface area (Å²) in [5.74, 6) is 0.126. The van der Waals surface area contributed by atoms with Crippen LogP contribution in [0.2, 0.25) is 0 Å². The smallest absolute Gasteiger partial charge is 0.250 e. The Hall–Kier alpha value is -2.09. The molecule has 2 heteroatoms. The molecule has 0 saturated heterocycles. The van der Waals surface area contributed by atoms with E-state index in [0.717, 1.165) is 25.0 Å². The summed E-state index contributed by atoms with van der Waals surface area (Å²) in [7, 11) is 0. The van der Waals surface area contributed by atoms with Gasteiger partial charge >= 0.3 is 0 Å². The first kappa shape index (κ1) is 13.3. The van der Waals surface area contributed by atoms with Crippen molar-refractivity contribution in [2.24, 2.45) is 0 Å². The molecular weight excluding hydrogens is 234 g/mol. The molecule has 19 heavy (non-hydrogen) atoms. The lowest BCUT2D eigenvalue weighted by Gasteiger charge is -2.21. The van der Waals surface area contributed by atoms with Crippen LogP contribution in [0.25, 0.3) is 0 Å². The fraction of sp³-hybridized carbons (Fsp3) is 0.235. The van der Waals surface area contributed by atoms with E-state index in [9.17, 15) is 4.79 Å². The molecule has 0 atom stereocenters. The molecule has 0 spiro atoms. The Balaban J connectivity index is 1.96. The standard InChI is InChI=1S/C17H19NO/c1-2-13-18(17(19)16-10-6-7-11-16)14-12-15-8-4-3-5-9-15/h2-10H,1,11-14H2.